The Balaban J connectivity index is 1.50. The minimum Gasteiger partial charge on any atom is -0.497 e. The number of hydrogen-bond donors (Lipinski definition) is 1. The lowest BCUT2D eigenvalue weighted by Gasteiger charge is -2.31. The molecule has 0 atom stereocenters. The molecule has 12 nitrogen and oxygen atoms in total. The molecule has 1 saturated heterocycles. The second kappa shape index (κ2) is 13.7. The highest BCUT2D eigenvalue weighted by molar-refractivity contribution is 7.16. The summed E-state index contributed by atoms with van der Waals surface area (Å²) in [6.45, 7) is 4.22. The fourth-order valence-electron chi connectivity index (χ4n) is 4.28. The summed E-state index contributed by atoms with van der Waals surface area (Å²) in [5.41, 5.74) is 0.319. The van der Waals surface area contributed by atoms with E-state index in [-0.39, 0.29) is 46.3 Å². The Morgan fingerprint density at radius 1 is 1.07 bits per heavy atom. The Kier molecular flexibility index (Phi) is 10.0. The highest BCUT2D eigenvalue weighted by atomic mass is 32.1. The van der Waals surface area contributed by atoms with Gasteiger partial charge >= 0.3 is 18.3 Å². The number of carbonyl (C=O) groups excluding carboxylic acids is 3. The highest BCUT2D eigenvalue weighted by Crippen LogP contribution is 2.37. The number of halogens is 3. The van der Waals surface area contributed by atoms with Crippen LogP contribution in [0.15, 0.2) is 30.6 Å². The van der Waals surface area contributed by atoms with E-state index in [2.05, 4.69) is 25.0 Å². The number of thiazole rings is 1. The maximum atomic E-state index is 13.0. The van der Waals surface area contributed by atoms with E-state index in [1.807, 2.05) is 4.90 Å². The molecule has 1 N–H and O–H groups in total. The third-order valence-corrected chi connectivity index (χ3v) is 7.20. The second-order valence-electron chi connectivity index (χ2n) is 9.24. The van der Waals surface area contributed by atoms with Crippen LogP contribution in [0, 0.1) is 5.92 Å². The summed E-state index contributed by atoms with van der Waals surface area (Å²) in [5, 5.41) is 2.68. The number of methoxy groups -OCH3 is 1. The lowest BCUT2D eigenvalue weighted by atomic mass is 9.97. The Morgan fingerprint density at radius 2 is 1.79 bits per heavy atom. The number of esters is 2. The molecule has 1 aliphatic heterocycles. The molecule has 0 saturated carbocycles. The minimum absolute atomic E-state index is 0.00862. The molecule has 16 heteroatoms. The van der Waals surface area contributed by atoms with Crippen LogP contribution in [0.4, 0.5) is 24.1 Å². The number of piperidine rings is 1. The van der Waals surface area contributed by atoms with Crippen LogP contribution >= 0.6 is 11.3 Å². The van der Waals surface area contributed by atoms with E-state index in [4.69, 9.17) is 14.2 Å². The van der Waals surface area contributed by atoms with Crippen LogP contribution in [0.25, 0.3) is 11.3 Å². The maximum Gasteiger partial charge on any atom is 0.573 e. The molecular formula is C27H28F3N5O7S. The van der Waals surface area contributed by atoms with Gasteiger partial charge in [0.2, 0.25) is 0 Å². The molecule has 0 spiro atoms. The predicted molar refractivity (Wildman–Crippen MR) is 148 cm³/mol. The zero-order valence-corrected chi connectivity index (χ0v) is 24.2. The van der Waals surface area contributed by atoms with Gasteiger partial charge in [-0.2, -0.15) is 0 Å². The number of ether oxygens (including phenoxy) is 4. The lowest BCUT2D eigenvalue weighted by molar-refractivity contribution is -0.274. The van der Waals surface area contributed by atoms with Crippen LogP contribution in [0.1, 0.15) is 42.1 Å². The van der Waals surface area contributed by atoms with Crippen molar-refractivity contribution in [2.75, 3.05) is 37.0 Å². The molecule has 0 bridgehead atoms. The van der Waals surface area contributed by atoms with Gasteiger partial charge in [0.1, 0.15) is 29.6 Å². The molecule has 3 aromatic rings. The molecule has 1 aromatic carbocycles. The largest absolute Gasteiger partial charge is 0.573 e. The number of rotatable bonds is 10. The standard InChI is InChI=1S/C27H28F3N5O7S/c1-4-40-25(38)16-5-7-35(8-6-16)22-13-31-20(12-32-22)24(37)34-26-33-23(21(43-26)14-41-15(2)36)17-9-18(39-3)11-19(10-17)42-27(28,29)30/h9-13,16H,4-8,14H2,1-3H3,(H,33,34,37). The molecule has 0 aliphatic carbocycles. The molecular weight excluding hydrogens is 595 g/mol. The predicted octanol–water partition coefficient (Wildman–Crippen LogP) is 4.60. The van der Waals surface area contributed by atoms with E-state index in [0.717, 1.165) is 23.5 Å². The minimum atomic E-state index is -4.94. The van der Waals surface area contributed by atoms with Gasteiger partial charge in [-0.25, -0.2) is 15.0 Å². The van der Waals surface area contributed by atoms with E-state index in [9.17, 15) is 27.6 Å². The van der Waals surface area contributed by atoms with Crippen LogP contribution < -0.4 is 19.7 Å². The fourth-order valence-corrected chi connectivity index (χ4v) is 5.17. The van der Waals surface area contributed by atoms with Gasteiger partial charge in [0.25, 0.3) is 5.91 Å². The number of nitrogens with zero attached hydrogens (tertiary/aromatic N) is 4. The van der Waals surface area contributed by atoms with Crippen LogP contribution in [-0.4, -0.2) is 66.0 Å². The number of anilines is 2. The summed E-state index contributed by atoms with van der Waals surface area (Å²) in [7, 11) is 1.28. The van der Waals surface area contributed by atoms with Crippen molar-refractivity contribution in [1.29, 1.82) is 0 Å². The van der Waals surface area contributed by atoms with Crippen molar-refractivity contribution in [1.82, 2.24) is 15.0 Å². The van der Waals surface area contributed by atoms with E-state index in [1.54, 1.807) is 6.92 Å². The molecule has 2 aromatic heterocycles. The van der Waals surface area contributed by atoms with Crippen molar-refractivity contribution in [2.45, 2.75) is 39.7 Å². The summed E-state index contributed by atoms with van der Waals surface area (Å²) in [4.78, 5) is 51.6. The van der Waals surface area contributed by atoms with Crippen molar-refractivity contribution in [3.05, 3.63) is 41.2 Å². The Labute approximate surface area is 248 Å². The number of benzene rings is 1. The van der Waals surface area contributed by atoms with Crippen molar-refractivity contribution >= 4 is 40.1 Å². The van der Waals surface area contributed by atoms with Gasteiger partial charge in [-0.05, 0) is 31.9 Å². The Morgan fingerprint density at radius 3 is 2.40 bits per heavy atom. The normalized spacial score (nSPS) is 13.8. The zero-order valence-electron chi connectivity index (χ0n) is 23.4. The maximum absolute atomic E-state index is 13.0. The summed E-state index contributed by atoms with van der Waals surface area (Å²) >= 11 is 0.965. The molecule has 1 aliphatic rings. The summed E-state index contributed by atoms with van der Waals surface area (Å²) < 4.78 is 58.0. The Bertz CT molecular complexity index is 1460. The number of carbonyl (C=O) groups is 3. The van der Waals surface area contributed by atoms with Gasteiger partial charge in [-0.3, -0.25) is 19.7 Å². The van der Waals surface area contributed by atoms with Crippen LogP contribution in [0.2, 0.25) is 0 Å². The molecule has 43 heavy (non-hydrogen) atoms. The highest BCUT2D eigenvalue weighted by Gasteiger charge is 2.32. The number of hydrogen-bond acceptors (Lipinski definition) is 12. The van der Waals surface area contributed by atoms with E-state index < -0.39 is 24.0 Å². The first kappa shape index (κ1) is 31.5. The Hall–Kier alpha value is -4.47. The molecule has 4 rings (SSSR count). The first-order chi connectivity index (χ1) is 20.5. The second-order valence-corrected chi connectivity index (χ2v) is 10.3. The molecule has 0 radical (unpaired) electrons. The average Bonchev–Trinajstić information content (AvgIpc) is 3.37. The third kappa shape index (κ3) is 8.53. The molecule has 230 valence electrons. The summed E-state index contributed by atoms with van der Waals surface area (Å²) in [6, 6.07) is 3.59. The molecule has 1 amide bonds. The van der Waals surface area contributed by atoms with Crippen LogP contribution in [0.5, 0.6) is 11.5 Å². The monoisotopic (exact) mass is 623 g/mol. The smallest absolute Gasteiger partial charge is 0.497 e. The molecule has 3 heterocycles. The van der Waals surface area contributed by atoms with Gasteiger partial charge in [0, 0.05) is 31.6 Å². The average molecular weight is 624 g/mol. The zero-order chi connectivity index (χ0) is 31.1. The van der Waals surface area contributed by atoms with E-state index >= 15 is 0 Å². The topological polar surface area (TPSA) is 142 Å². The first-order valence-corrected chi connectivity index (χ1v) is 13.9. The number of nitrogens with one attached hydrogen (secondary N) is 1. The number of aromatic nitrogens is 3. The van der Waals surface area contributed by atoms with E-state index in [0.29, 0.717) is 43.2 Å². The lowest BCUT2D eigenvalue weighted by Crippen LogP contribution is -2.37. The third-order valence-electron chi connectivity index (χ3n) is 6.26. The van der Waals surface area contributed by atoms with E-state index in [1.165, 1.54) is 32.5 Å². The molecule has 0 unspecified atom stereocenters. The summed E-state index contributed by atoms with van der Waals surface area (Å²) in [5.74, 6) is -1.52. The molecule has 1 fully saturated rings. The summed E-state index contributed by atoms with van der Waals surface area (Å²) in [6.07, 6.45) is -0.957. The number of amides is 1. The van der Waals surface area contributed by atoms with Gasteiger partial charge in [0.05, 0.1) is 42.6 Å². The van der Waals surface area contributed by atoms with Crippen molar-refractivity contribution in [2.24, 2.45) is 5.92 Å². The quantitative estimate of drug-likeness (QED) is 0.317. The SMILES string of the molecule is CCOC(=O)C1CCN(c2cnc(C(=O)Nc3nc(-c4cc(OC)cc(OC(F)(F)F)c4)c(COC(C)=O)s3)cn2)CC1. The fraction of sp³-hybridized carbons (Fsp3) is 0.407. The van der Waals surface area contributed by atoms with Crippen LogP contribution in [-0.2, 0) is 25.7 Å². The van der Waals surface area contributed by atoms with Gasteiger partial charge < -0.3 is 23.8 Å². The van der Waals surface area contributed by atoms with Crippen molar-refractivity contribution in [3.8, 4) is 22.8 Å². The van der Waals surface area contributed by atoms with Crippen molar-refractivity contribution in [3.63, 3.8) is 0 Å². The van der Waals surface area contributed by atoms with Crippen molar-refractivity contribution < 1.29 is 46.5 Å². The van der Waals surface area contributed by atoms with Gasteiger partial charge in [-0.15, -0.1) is 13.2 Å². The first-order valence-electron chi connectivity index (χ1n) is 13.1. The van der Waals surface area contributed by atoms with Gasteiger partial charge in [0.15, 0.2) is 5.13 Å². The number of alkyl halides is 3. The van der Waals surface area contributed by atoms with Gasteiger partial charge in [-0.1, -0.05) is 11.3 Å². The van der Waals surface area contributed by atoms with Crippen LogP contribution in [0.3, 0.4) is 0 Å².